The fourth-order valence-electron chi connectivity index (χ4n) is 2.70. The van der Waals surface area contributed by atoms with Crippen LogP contribution in [0.5, 0.6) is 0 Å². The van der Waals surface area contributed by atoms with Crippen LogP contribution in [0.25, 0.3) is 21.7 Å². The number of benzene rings is 1. The maximum absolute atomic E-state index is 6.50. The first kappa shape index (κ1) is 16.9. The molecule has 3 aromatic heterocycles. The van der Waals surface area contributed by atoms with Crippen molar-refractivity contribution in [3.8, 4) is 11.5 Å². The van der Waals surface area contributed by atoms with Crippen LogP contribution >= 0.6 is 22.9 Å². The van der Waals surface area contributed by atoms with Gasteiger partial charge in [0.25, 0.3) is 0 Å². The van der Waals surface area contributed by atoms with E-state index in [-0.39, 0.29) is 0 Å². The molecular weight excluding hydrogens is 366 g/mol. The van der Waals surface area contributed by atoms with Crippen LogP contribution in [0, 0.1) is 6.92 Å². The molecule has 0 saturated heterocycles. The molecule has 1 aromatic carbocycles. The third-order valence-corrected chi connectivity index (χ3v) is 5.58. The Balaban J connectivity index is 1.69. The first-order valence-electron chi connectivity index (χ1n) is 8.23. The van der Waals surface area contributed by atoms with Crippen LogP contribution in [-0.4, -0.2) is 26.5 Å². The van der Waals surface area contributed by atoms with Gasteiger partial charge in [-0.1, -0.05) is 41.9 Å². The van der Waals surface area contributed by atoms with E-state index in [2.05, 4.69) is 37.4 Å². The highest BCUT2D eigenvalue weighted by atomic mass is 35.5. The fourth-order valence-corrected chi connectivity index (χ4v) is 3.97. The molecule has 0 aliphatic rings. The van der Waals surface area contributed by atoms with E-state index in [0.717, 1.165) is 33.9 Å². The molecule has 0 amide bonds. The lowest BCUT2D eigenvalue weighted by Gasteiger charge is -2.09. The van der Waals surface area contributed by atoms with Crippen LogP contribution in [0.1, 0.15) is 10.4 Å². The van der Waals surface area contributed by atoms with Crippen LogP contribution in [-0.2, 0) is 6.42 Å². The zero-order valence-electron chi connectivity index (χ0n) is 14.1. The zero-order chi connectivity index (χ0) is 17.9. The maximum atomic E-state index is 6.50. The van der Waals surface area contributed by atoms with E-state index in [1.165, 1.54) is 5.56 Å². The van der Waals surface area contributed by atoms with E-state index in [9.17, 15) is 0 Å². The zero-order valence-corrected chi connectivity index (χ0v) is 15.7. The molecule has 0 bridgehead atoms. The number of anilines is 1. The molecule has 1 N–H and O–H groups in total. The van der Waals surface area contributed by atoms with Gasteiger partial charge in [0.15, 0.2) is 5.82 Å². The quantitative estimate of drug-likeness (QED) is 0.539. The van der Waals surface area contributed by atoms with Crippen LogP contribution < -0.4 is 5.32 Å². The van der Waals surface area contributed by atoms with E-state index in [0.29, 0.717) is 16.5 Å². The van der Waals surface area contributed by atoms with Crippen molar-refractivity contribution >= 4 is 39.0 Å². The SMILES string of the molecule is Cc1sc2nc(-c3cnccn3)nc(NCCc3ccccc3)c2c1Cl. The van der Waals surface area contributed by atoms with Gasteiger partial charge in [-0.05, 0) is 18.9 Å². The number of halogens is 1. The van der Waals surface area contributed by atoms with Crippen molar-refractivity contribution in [1.29, 1.82) is 0 Å². The first-order valence-corrected chi connectivity index (χ1v) is 9.42. The number of aromatic nitrogens is 4. The summed E-state index contributed by atoms with van der Waals surface area (Å²) in [5.41, 5.74) is 1.91. The third-order valence-electron chi connectivity index (χ3n) is 4.00. The van der Waals surface area contributed by atoms with Gasteiger partial charge < -0.3 is 5.32 Å². The molecule has 0 atom stereocenters. The summed E-state index contributed by atoms with van der Waals surface area (Å²) >= 11 is 8.06. The van der Waals surface area contributed by atoms with Gasteiger partial charge in [0.05, 0.1) is 16.6 Å². The normalized spacial score (nSPS) is 11.0. The summed E-state index contributed by atoms with van der Waals surface area (Å²) in [4.78, 5) is 19.6. The molecule has 3 heterocycles. The van der Waals surface area contributed by atoms with Crippen molar-refractivity contribution in [3.63, 3.8) is 0 Å². The van der Waals surface area contributed by atoms with Crippen molar-refractivity contribution in [2.24, 2.45) is 0 Å². The molecule has 0 saturated carbocycles. The van der Waals surface area contributed by atoms with Crippen molar-refractivity contribution in [3.05, 3.63) is 64.4 Å². The minimum atomic E-state index is 0.547. The highest BCUT2D eigenvalue weighted by molar-refractivity contribution is 7.19. The Morgan fingerprint density at radius 1 is 1.12 bits per heavy atom. The largest absolute Gasteiger partial charge is 0.369 e. The molecule has 7 heteroatoms. The van der Waals surface area contributed by atoms with Gasteiger partial charge in [0.2, 0.25) is 0 Å². The lowest BCUT2D eigenvalue weighted by Crippen LogP contribution is -2.08. The summed E-state index contributed by atoms with van der Waals surface area (Å²) < 4.78 is 0. The Morgan fingerprint density at radius 2 is 1.96 bits per heavy atom. The number of fused-ring (bicyclic) bond motifs is 1. The lowest BCUT2D eigenvalue weighted by molar-refractivity contribution is 1.01. The number of nitrogens with zero attached hydrogens (tertiary/aromatic N) is 4. The second-order valence-electron chi connectivity index (χ2n) is 5.80. The van der Waals surface area contributed by atoms with Gasteiger partial charge in [-0.15, -0.1) is 11.3 Å². The summed E-state index contributed by atoms with van der Waals surface area (Å²) in [7, 11) is 0. The van der Waals surface area contributed by atoms with Gasteiger partial charge in [-0.3, -0.25) is 4.98 Å². The topological polar surface area (TPSA) is 63.6 Å². The van der Waals surface area contributed by atoms with Gasteiger partial charge in [-0.25, -0.2) is 15.0 Å². The second kappa shape index (κ2) is 7.35. The molecule has 0 unspecified atom stereocenters. The molecule has 0 radical (unpaired) electrons. The Hall–Kier alpha value is -2.57. The minimum Gasteiger partial charge on any atom is -0.369 e. The van der Waals surface area contributed by atoms with Crippen molar-refractivity contribution < 1.29 is 0 Å². The average Bonchev–Trinajstić information content (AvgIpc) is 2.97. The molecule has 0 spiro atoms. The summed E-state index contributed by atoms with van der Waals surface area (Å²) in [6.45, 7) is 2.74. The maximum Gasteiger partial charge on any atom is 0.183 e. The number of hydrogen-bond acceptors (Lipinski definition) is 6. The highest BCUT2D eigenvalue weighted by Gasteiger charge is 2.17. The Morgan fingerprint density at radius 3 is 2.73 bits per heavy atom. The molecule has 4 aromatic rings. The smallest absolute Gasteiger partial charge is 0.183 e. The molecule has 130 valence electrons. The number of rotatable bonds is 5. The summed E-state index contributed by atoms with van der Waals surface area (Å²) in [6.07, 6.45) is 5.83. The highest BCUT2D eigenvalue weighted by Crippen LogP contribution is 2.38. The van der Waals surface area contributed by atoms with Crippen molar-refractivity contribution in [1.82, 2.24) is 19.9 Å². The Bertz CT molecular complexity index is 1030. The molecule has 0 aliphatic heterocycles. The van der Waals surface area contributed by atoms with E-state index < -0.39 is 0 Å². The lowest BCUT2D eigenvalue weighted by atomic mass is 10.1. The van der Waals surface area contributed by atoms with E-state index in [1.807, 2.05) is 25.1 Å². The van der Waals surface area contributed by atoms with Gasteiger partial charge in [-0.2, -0.15) is 0 Å². The van der Waals surface area contributed by atoms with E-state index >= 15 is 0 Å². The van der Waals surface area contributed by atoms with Crippen molar-refractivity contribution in [2.75, 3.05) is 11.9 Å². The minimum absolute atomic E-state index is 0.547. The number of thiophene rings is 1. The Labute approximate surface area is 160 Å². The Kier molecular flexibility index (Phi) is 4.77. The first-order chi connectivity index (χ1) is 12.7. The molecular formula is C19H16ClN5S. The van der Waals surface area contributed by atoms with Crippen LogP contribution in [0.3, 0.4) is 0 Å². The van der Waals surface area contributed by atoms with Crippen LogP contribution in [0.2, 0.25) is 5.02 Å². The summed E-state index contributed by atoms with van der Waals surface area (Å²) in [6, 6.07) is 10.3. The number of nitrogens with one attached hydrogen (secondary N) is 1. The van der Waals surface area contributed by atoms with Crippen molar-refractivity contribution in [2.45, 2.75) is 13.3 Å². The standard InChI is InChI=1S/C19H16ClN5S/c1-12-16(20)15-18(23-8-7-13-5-3-2-4-6-13)24-17(25-19(15)26-12)14-11-21-9-10-22-14/h2-6,9-11H,7-8H2,1H3,(H,23,24,25). The third kappa shape index (κ3) is 3.38. The average molecular weight is 382 g/mol. The van der Waals surface area contributed by atoms with Gasteiger partial charge >= 0.3 is 0 Å². The summed E-state index contributed by atoms with van der Waals surface area (Å²) in [5, 5.41) is 5.00. The van der Waals surface area contributed by atoms with E-state index in [4.69, 9.17) is 11.6 Å². The van der Waals surface area contributed by atoms with E-state index in [1.54, 1.807) is 29.9 Å². The number of hydrogen-bond donors (Lipinski definition) is 1. The molecule has 4 rings (SSSR count). The molecule has 0 fully saturated rings. The van der Waals surface area contributed by atoms with Gasteiger partial charge in [0, 0.05) is 23.8 Å². The van der Waals surface area contributed by atoms with Gasteiger partial charge in [0.1, 0.15) is 16.3 Å². The van der Waals surface area contributed by atoms with Crippen LogP contribution in [0.15, 0.2) is 48.9 Å². The predicted octanol–water partition coefficient (Wildman–Crippen LogP) is 4.76. The molecule has 0 aliphatic carbocycles. The second-order valence-corrected chi connectivity index (χ2v) is 7.38. The molecule has 5 nitrogen and oxygen atoms in total. The fraction of sp³-hybridized carbons (Fsp3) is 0.158. The summed E-state index contributed by atoms with van der Waals surface area (Å²) in [5.74, 6) is 1.28. The van der Waals surface area contributed by atoms with Crippen LogP contribution in [0.4, 0.5) is 5.82 Å². The number of aryl methyl sites for hydroxylation is 1. The monoisotopic (exact) mass is 381 g/mol. The predicted molar refractivity (Wildman–Crippen MR) is 107 cm³/mol. The molecule has 26 heavy (non-hydrogen) atoms.